The third kappa shape index (κ3) is 3.53. The number of nitro benzene ring substituents is 1. The molecule has 0 aliphatic carbocycles. The fourth-order valence-electron chi connectivity index (χ4n) is 2.75. The number of nitro groups is 1. The summed E-state index contributed by atoms with van der Waals surface area (Å²) in [5.41, 5.74) is 1.18. The van der Waals surface area contributed by atoms with Crippen LogP contribution in [0.15, 0.2) is 42.5 Å². The summed E-state index contributed by atoms with van der Waals surface area (Å²) in [5.74, 6) is -3.07. The Morgan fingerprint density at radius 1 is 1.27 bits per heavy atom. The van der Waals surface area contributed by atoms with Crippen LogP contribution < -0.4 is 9.64 Å². The van der Waals surface area contributed by atoms with Crippen molar-refractivity contribution in [1.82, 2.24) is 0 Å². The molecular weight excluding hydrogens is 343 g/mol. The fraction of sp³-hybridized carbons (Fsp3) is 0.222. The molecule has 8 heteroatoms. The Hall–Kier alpha value is -3.29. The Bertz CT molecular complexity index is 882. The number of aryl methyl sites for hydroxylation is 1. The second-order valence-corrected chi connectivity index (χ2v) is 6.03. The molecule has 0 radical (unpaired) electrons. The van der Waals surface area contributed by atoms with Crippen LogP contribution in [0.25, 0.3) is 0 Å². The third-order valence-electron chi connectivity index (χ3n) is 4.13. The van der Waals surface area contributed by atoms with Crippen molar-refractivity contribution in [2.45, 2.75) is 13.3 Å². The number of hydrogen-bond acceptors (Lipinski definition) is 5. The summed E-state index contributed by atoms with van der Waals surface area (Å²) in [7, 11) is 0. The van der Waals surface area contributed by atoms with Gasteiger partial charge in [-0.3, -0.25) is 19.7 Å². The van der Waals surface area contributed by atoms with Gasteiger partial charge in [-0.1, -0.05) is 17.7 Å². The number of nitrogens with zero attached hydrogens (tertiary/aromatic N) is 2. The minimum absolute atomic E-state index is 0.0736. The minimum atomic E-state index is -0.804. The molecule has 1 atom stereocenters. The van der Waals surface area contributed by atoms with Gasteiger partial charge >= 0.3 is 11.7 Å². The van der Waals surface area contributed by atoms with E-state index < -0.39 is 34.1 Å². The quantitative estimate of drug-likeness (QED) is 0.363. The van der Waals surface area contributed by atoms with E-state index in [4.69, 9.17) is 4.74 Å². The number of halogens is 1. The number of carbonyl (C=O) groups is 2. The Morgan fingerprint density at radius 3 is 2.62 bits per heavy atom. The first kappa shape index (κ1) is 17.5. The summed E-state index contributed by atoms with van der Waals surface area (Å²) < 4.78 is 18.4. The van der Waals surface area contributed by atoms with Crippen molar-refractivity contribution in [1.29, 1.82) is 0 Å². The molecule has 0 spiro atoms. The Kier molecular flexibility index (Phi) is 4.66. The molecule has 0 bridgehead atoms. The second kappa shape index (κ2) is 6.91. The molecule has 3 rings (SSSR count). The van der Waals surface area contributed by atoms with Crippen LogP contribution in [-0.4, -0.2) is 23.3 Å². The summed E-state index contributed by atoms with van der Waals surface area (Å²) in [6, 6.07) is 9.88. The van der Waals surface area contributed by atoms with Crippen molar-refractivity contribution in [2.75, 3.05) is 11.4 Å². The van der Waals surface area contributed by atoms with E-state index in [0.717, 1.165) is 23.8 Å². The molecule has 1 aliphatic rings. The van der Waals surface area contributed by atoms with Gasteiger partial charge in [-0.15, -0.1) is 0 Å². The topological polar surface area (TPSA) is 89.8 Å². The average molecular weight is 358 g/mol. The lowest BCUT2D eigenvalue weighted by Crippen LogP contribution is -2.27. The van der Waals surface area contributed by atoms with Gasteiger partial charge in [-0.05, 0) is 25.1 Å². The average Bonchev–Trinajstić information content (AvgIpc) is 2.97. The molecule has 7 nitrogen and oxygen atoms in total. The molecule has 1 aliphatic heterocycles. The Labute approximate surface area is 148 Å². The van der Waals surface area contributed by atoms with Gasteiger partial charge in [0, 0.05) is 30.8 Å². The van der Waals surface area contributed by atoms with Crippen LogP contribution in [0, 0.1) is 28.8 Å². The van der Waals surface area contributed by atoms with Gasteiger partial charge in [-0.2, -0.15) is 0 Å². The zero-order valence-electron chi connectivity index (χ0n) is 13.8. The van der Waals surface area contributed by atoms with Gasteiger partial charge < -0.3 is 9.64 Å². The largest absolute Gasteiger partial charge is 0.419 e. The molecule has 0 saturated carbocycles. The van der Waals surface area contributed by atoms with Gasteiger partial charge in [0.1, 0.15) is 5.82 Å². The SMILES string of the molecule is Cc1ccc(N2CC(C(=O)Oc3cc(F)ccc3[N+](=O)[O-])CC2=O)cc1. The highest BCUT2D eigenvalue weighted by Gasteiger charge is 2.37. The lowest BCUT2D eigenvalue weighted by molar-refractivity contribution is -0.385. The summed E-state index contributed by atoms with van der Waals surface area (Å²) >= 11 is 0. The number of amides is 1. The summed E-state index contributed by atoms with van der Waals surface area (Å²) in [5, 5.41) is 11.0. The molecule has 1 heterocycles. The van der Waals surface area contributed by atoms with Gasteiger partial charge in [-0.25, -0.2) is 4.39 Å². The van der Waals surface area contributed by atoms with E-state index in [0.29, 0.717) is 5.69 Å². The molecule has 1 unspecified atom stereocenters. The number of benzene rings is 2. The van der Waals surface area contributed by atoms with Gasteiger partial charge in [0.25, 0.3) is 0 Å². The smallest absolute Gasteiger partial charge is 0.316 e. The van der Waals surface area contributed by atoms with Crippen LogP contribution >= 0.6 is 0 Å². The van der Waals surface area contributed by atoms with E-state index in [2.05, 4.69) is 0 Å². The van der Waals surface area contributed by atoms with Crippen molar-refractivity contribution >= 4 is 23.3 Å². The van der Waals surface area contributed by atoms with Crippen LogP contribution in [0.4, 0.5) is 15.8 Å². The number of rotatable bonds is 4. The normalized spacial score (nSPS) is 16.6. The number of esters is 1. The van der Waals surface area contributed by atoms with Gasteiger partial charge in [0.15, 0.2) is 0 Å². The maximum Gasteiger partial charge on any atom is 0.316 e. The summed E-state index contributed by atoms with van der Waals surface area (Å²) in [6.07, 6.45) is -0.0736. The molecular formula is C18H15FN2O5. The maximum atomic E-state index is 13.3. The predicted molar refractivity (Wildman–Crippen MR) is 90.3 cm³/mol. The van der Waals surface area contributed by atoms with Crippen molar-refractivity contribution in [3.8, 4) is 5.75 Å². The number of hydrogen-bond donors (Lipinski definition) is 0. The van der Waals surface area contributed by atoms with Crippen molar-refractivity contribution < 1.29 is 23.6 Å². The highest BCUT2D eigenvalue weighted by Crippen LogP contribution is 2.31. The van der Waals surface area contributed by atoms with Crippen molar-refractivity contribution in [2.24, 2.45) is 5.92 Å². The molecule has 1 fully saturated rings. The molecule has 0 N–H and O–H groups in total. The van der Waals surface area contributed by atoms with E-state index in [1.807, 2.05) is 19.1 Å². The van der Waals surface area contributed by atoms with Crippen LogP contribution in [-0.2, 0) is 9.59 Å². The lowest BCUT2D eigenvalue weighted by Gasteiger charge is -2.16. The fourth-order valence-corrected chi connectivity index (χ4v) is 2.75. The zero-order chi connectivity index (χ0) is 18.8. The number of anilines is 1. The molecule has 1 saturated heterocycles. The van der Waals surface area contributed by atoms with E-state index >= 15 is 0 Å². The number of carbonyl (C=O) groups excluding carboxylic acids is 2. The van der Waals surface area contributed by atoms with Crippen molar-refractivity contribution in [3.63, 3.8) is 0 Å². The van der Waals surface area contributed by atoms with Gasteiger partial charge in [0.05, 0.1) is 10.8 Å². The summed E-state index contributed by atoms with van der Waals surface area (Å²) in [4.78, 5) is 36.2. The highest BCUT2D eigenvalue weighted by molar-refractivity contribution is 5.99. The Balaban J connectivity index is 1.76. The maximum absolute atomic E-state index is 13.3. The zero-order valence-corrected chi connectivity index (χ0v) is 13.8. The van der Waals surface area contributed by atoms with Crippen LogP contribution in [0.1, 0.15) is 12.0 Å². The lowest BCUT2D eigenvalue weighted by atomic mass is 10.1. The molecule has 26 heavy (non-hydrogen) atoms. The van der Waals surface area contributed by atoms with Crippen LogP contribution in [0.3, 0.4) is 0 Å². The monoisotopic (exact) mass is 358 g/mol. The first-order valence-electron chi connectivity index (χ1n) is 7.88. The van der Waals surface area contributed by atoms with E-state index in [-0.39, 0.29) is 18.9 Å². The van der Waals surface area contributed by atoms with E-state index in [9.17, 15) is 24.1 Å². The van der Waals surface area contributed by atoms with E-state index in [1.165, 1.54) is 4.90 Å². The highest BCUT2D eigenvalue weighted by atomic mass is 19.1. The predicted octanol–water partition coefficient (Wildman–Crippen LogP) is 3.00. The van der Waals surface area contributed by atoms with E-state index in [1.54, 1.807) is 12.1 Å². The molecule has 134 valence electrons. The first-order valence-corrected chi connectivity index (χ1v) is 7.88. The second-order valence-electron chi connectivity index (χ2n) is 6.03. The van der Waals surface area contributed by atoms with Crippen LogP contribution in [0.5, 0.6) is 5.75 Å². The first-order chi connectivity index (χ1) is 12.3. The van der Waals surface area contributed by atoms with Crippen molar-refractivity contribution in [3.05, 3.63) is 64.0 Å². The standard InChI is InChI=1S/C18H15FN2O5/c1-11-2-5-14(6-3-11)20-10-12(8-17(20)22)18(23)26-16-9-13(19)4-7-15(16)21(24)25/h2-7,9,12H,8,10H2,1H3. The minimum Gasteiger partial charge on any atom is -0.419 e. The molecule has 1 amide bonds. The number of ether oxygens (including phenoxy) is 1. The Morgan fingerprint density at radius 2 is 1.96 bits per heavy atom. The van der Waals surface area contributed by atoms with Crippen LogP contribution in [0.2, 0.25) is 0 Å². The van der Waals surface area contributed by atoms with Gasteiger partial charge in [0.2, 0.25) is 11.7 Å². The molecule has 0 aromatic heterocycles. The third-order valence-corrected chi connectivity index (χ3v) is 4.13. The molecule has 2 aromatic carbocycles. The summed E-state index contributed by atoms with van der Waals surface area (Å²) in [6.45, 7) is 2.02. The molecule has 2 aromatic rings.